The Morgan fingerprint density at radius 1 is 1.78 bits per heavy atom. The first-order valence-corrected chi connectivity index (χ1v) is 2.96. The van der Waals surface area contributed by atoms with Crippen LogP contribution in [0.1, 0.15) is 19.8 Å². The Bertz CT molecular complexity index is 109. The molecule has 0 saturated heterocycles. The SMILES string of the molecule is CC(CCCO)N=[N+]=[N-]. The van der Waals surface area contributed by atoms with Crippen LogP contribution in [0.15, 0.2) is 5.11 Å². The van der Waals surface area contributed by atoms with E-state index in [9.17, 15) is 0 Å². The second-order valence-electron chi connectivity index (χ2n) is 1.92. The minimum Gasteiger partial charge on any atom is -0.396 e. The van der Waals surface area contributed by atoms with Crippen molar-refractivity contribution in [2.45, 2.75) is 25.8 Å². The van der Waals surface area contributed by atoms with Crippen LogP contribution in [0.4, 0.5) is 0 Å². The van der Waals surface area contributed by atoms with Crippen molar-refractivity contribution >= 4 is 0 Å². The summed E-state index contributed by atoms with van der Waals surface area (Å²) in [5.74, 6) is 0. The van der Waals surface area contributed by atoms with Gasteiger partial charge in [0.1, 0.15) is 0 Å². The highest BCUT2D eigenvalue weighted by atomic mass is 16.2. The largest absolute Gasteiger partial charge is 0.396 e. The van der Waals surface area contributed by atoms with Crippen LogP contribution < -0.4 is 0 Å². The minimum atomic E-state index is 0.0159. The predicted octanol–water partition coefficient (Wildman–Crippen LogP) is 1.46. The first kappa shape index (κ1) is 8.27. The maximum Gasteiger partial charge on any atom is 0.0431 e. The average molecular weight is 129 g/mol. The summed E-state index contributed by atoms with van der Waals surface area (Å²) < 4.78 is 0. The molecule has 0 aliphatic rings. The van der Waals surface area contributed by atoms with Gasteiger partial charge in [0.25, 0.3) is 0 Å². The molecular weight excluding hydrogens is 118 g/mol. The van der Waals surface area contributed by atoms with Gasteiger partial charge in [0.15, 0.2) is 0 Å². The average Bonchev–Trinajstić information content (AvgIpc) is 1.85. The standard InChI is InChI=1S/C5H11N3O/c1-5(7-8-6)3-2-4-9/h5,9H,2-4H2,1H3. The van der Waals surface area contributed by atoms with Crippen LogP contribution in [0.2, 0.25) is 0 Å². The molecule has 1 N–H and O–H groups in total. The van der Waals surface area contributed by atoms with Crippen molar-refractivity contribution in [1.29, 1.82) is 0 Å². The number of azide groups is 1. The van der Waals surface area contributed by atoms with E-state index in [0.29, 0.717) is 6.42 Å². The van der Waals surface area contributed by atoms with E-state index in [1.165, 1.54) is 0 Å². The van der Waals surface area contributed by atoms with E-state index < -0.39 is 0 Å². The van der Waals surface area contributed by atoms with Crippen LogP contribution in [-0.4, -0.2) is 17.8 Å². The minimum absolute atomic E-state index is 0.0159. The Labute approximate surface area is 54.1 Å². The third kappa shape index (κ3) is 5.14. The third-order valence-electron chi connectivity index (χ3n) is 1.03. The van der Waals surface area contributed by atoms with Gasteiger partial charge in [-0.25, -0.2) is 0 Å². The summed E-state index contributed by atoms with van der Waals surface area (Å²) in [6.45, 7) is 2.00. The second-order valence-corrected chi connectivity index (χ2v) is 1.92. The zero-order chi connectivity index (χ0) is 7.11. The molecule has 4 heteroatoms. The van der Waals surface area contributed by atoms with Gasteiger partial charge in [-0.1, -0.05) is 12.0 Å². The fraction of sp³-hybridized carbons (Fsp3) is 1.00. The molecule has 0 spiro atoms. The lowest BCUT2D eigenvalue weighted by molar-refractivity contribution is 0.281. The summed E-state index contributed by atoms with van der Waals surface area (Å²) in [4.78, 5) is 2.63. The van der Waals surface area contributed by atoms with Gasteiger partial charge in [-0.2, -0.15) is 0 Å². The number of aliphatic hydroxyl groups is 1. The van der Waals surface area contributed by atoms with Gasteiger partial charge in [-0.15, -0.1) is 0 Å². The van der Waals surface area contributed by atoms with E-state index in [2.05, 4.69) is 10.0 Å². The summed E-state index contributed by atoms with van der Waals surface area (Å²) in [5.41, 5.74) is 7.93. The van der Waals surface area contributed by atoms with Gasteiger partial charge < -0.3 is 5.11 Å². The lowest BCUT2D eigenvalue weighted by Gasteiger charge is -1.98. The Balaban J connectivity index is 3.26. The Kier molecular flexibility index (Phi) is 4.97. The van der Waals surface area contributed by atoms with Crippen molar-refractivity contribution < 1.29 is 5.11 Å². The van der Waals surface area contributed by atoms with E-state index >= 15 is 0 Å². The van der Waals surface area contributed by atoms with Crippen molar-refractivity contribution in [2.75, 3.05) is 6.61 Å². The number of hydrogen-bond donors (Lipinski definition) is 1. The van der Waals surface area contributed by atoms with Crippen molar-refractivity contribution in [3.63, 3.8) is 0 Å². The number of rotatable bonds is 4. The van der Waals surface area contributed by atoms with Gasteiger partial charge >= 0.3 is 0 Å². The number of nitrogens with zero attached hydrogens (tertiary/aromatic N) is 3. The molecule has 0 aliphatic heterocycles. The highest BCUT2D eigenvalue weighted by Gasteiger charge is 1.94. The van der Waals surface area contributed by atoms with E-state index in [1.54, 1.807) is 0 Å². The van der Waals surface area contributed by atoms with E-state index in [1.807, 2.05) is 6.92 Å². The molecule has 0 aromatic carbocycles. The van der Waals surface area contributed by atoms with Crippen LogP contribution in [0.5, 0.6) is 0 Å². The molecular formula is C5H11N3O. The Morgan fingerprint density at radius 2 is 2.44 bits per heavy atom. The van der Waals surface area contributed by atoms with Crippen molar-refractivity contribution in [3.05, 3.63) is 10.4 Å². The molecule has 9 heavy (non-hydrogen) atoms. The first-order valence-electron chi connectivity index (χ1n) is 2.96. The molecule has 0 aromatic heterocycles. The molecule has 0 amide bonds. The van der Waals surface area contributed by atoms with Crippen LogP contribution in [0.25, 0.3) is 10.4 Å². The highest BCUT2D eigenvalue weighted by molar-refractivity contribution is 4.59. The maximum atomic E-state index is 8.35. The van der Waals surface area contributed by atoms with Gasteiger partial charge in [0, 0.05) is 17.6 Å². The lowest BCUT2D eigenvalue weighted by Crippen LogP contribution is -1.97. The summed E-state index contributed by atoms with van der Waals surface area (Å²) in [5, 5.41) is 11.8. The molecule has 52 valence electrons. The molecule has 0 bridgehead atoms. The van der Waals surface area contributed by atoms with Gasteiger partial charge in [0.05, 0.1) is 0 Å². The molecule has 0 radical (unpaired) electrons. The smallest absolute Gasteiger partial charge is 0.0431 e. The zero-order valence-electron chi connectivity index (χ0n) is 5.49. The van der Waals surface area contributed by atoms with Crippen LogP contribution >= 0.6 is 0 Å². The van der Waals surface area contributed by atoms with E-state index in [0.717, 1.165) is 6.42 Å². The lowest BCUT2D eigenvalue weighted by atomic mass is 10.2. The van der Waals surface area contributed by atoms with Gasteiger partial charge in [0.2, 0.25) is 0 Å². The molecule has 0 fully saturated rings. The summed E-state index contributed by atoms with van der Waals surface area (Å²) in [6, 6.07) is 0.0159. The quantitative estimate of drug-likeness (QED) is 0.348. The summed E-state index contributed by atoms with van der Waals surface area (Å²) in [7, 11) is 0. The molecule has 4 nitrogen and oxygen atoms in total. The summed E-state index contributed by atoms with van der Waals surface area (Å²) >= 11 is 0. The topological polar surface area (TPSA) is 69.0 Å². The molecule has 1 atom stereocenters. The third-order valence-corrected chi connectivity index (χ3v) is 1.03. The predicted molar refractivity (Wildman–Crippen MR) is 34.9 cm³/mol. The van der Waals surface area contributed by atoms with Crippen LogP contribution in [0.3, 0.4) is 0 Å². The molecule has 0 aromatic rings. The fourth-order valence-corrected chi connectivity index (χ4v) is 0.533. The van der Waals surface area contributed by atoms with Crippen molar-refractivity contribution in [3.8, 4) is 0 Å². The molecule has 1 unspecified atom stereocenters. The maximum absolute atomic E-state index is 8.35. The Hall–Kier alpha value is -0.730. The highest BCUT2D eigenvalue weighted by Crippen LogP contribution is 1.99. The Morgan fingerprint density at radius 3 is 2.89 bits per heavy atom. The number of hydrogen-bond acceptors (Lipinski definition) is 2. The van der Waals surface area contributed by atoms with Crippen LogP contribution in [0, 0.1) is 0 Å². The molecule has 0 rings (SSSR count). The zero-order valence-corrected chi connectivity index (χ0v) is 5.49. The van der Waals surface area contributed by atoms with Crippen molar-refractivity contribution in [2.24, 2.45) is 5.11 Å². The number of aliphatic hydroxyl groups excluding tert-OH is 1. The molecule has 0 saturated carbocycles. The van der Waals surface area contributed by atoms with Gasteiger partial charge in [-0.3, -0.25) is 0 Å². The van der Waals surface area contributed by atoms with E-state index in [4.69, 9.17) is 10.6 Å². The monoisotopic (exact) mass is 129 g/mol. The van der Waals surface area contributed by atoms with Crippen molar-refractivity contribution in [1.82, 2.24) is 0 Å². The molecule has 0 heterocycles. The van der Waals surface area contributed by atoms with E-state index in [-0.39, 0.29) is 12.6 Å². The fourth-order valence-electron chi connectivity index (χ4n) is 0.533. The van der Waals surface area contributed by atoms with Gasteiger partial charge in [-0.05, 0) is 18.4 Å². The second kappa shape index (κ2) is 5.41. The normalized spacial score (nSPS) is 12.2. The van der Waals surface area contributed by atoms with Crippen LogP contribution in [-0.2, 0) is 0 Å². The first-order chi connectivity index (χ1) is 4.31. The molecule has 0 aliphatic carbocycles. The summed E-state index contributed by atoms with van der Waals surface area (Å²) in [6.07, 6.45) is 1.47.